The molecule has 1 aliphatic rings. The number of carbonyl (C=O) groups excluding carboxylic acids is 1. The number of aromatic nitrogens is 1. The standard InChI is InChI=1S/C14H18Cl2N2O2/c1-8-12(15)13(16)10(6-17-8)14(20)18-11-5-3-2-4-9(11)7-19/h6,9,11,19H,2-5,7H2,1H3,(H,18,20). The Labute approximate surface area is 128 Å². The first-order chi connectivity index (χ1) is 9.54. The highest BCUT2D eigenvalue weighted by molar-refractivity contribution is 6.44. The molecule has 1 saturated carbocycles. The maximum absolute atomic E-state index is 12.3. The van der Waals surface area contributed by atoms with Gasteiger partial charge in [0.15, 0.2) is 0 Å². The van der Waals surface area contributed by atoms with Crippen molar-refractivity contribution in [3.63, 3.8) is 0 Å². The third-order valence-electron chi connectivity index (χ3n) is 3.84. The smallest absolute Gasteiger partial charge is 0.254 e. The number of aryl methyl sites for hydroxylation is 1. The van der Waals surface area contributed by atoms with Gasteiger partial charge in [-0.15, -0.1) is 0 Å². The number of hydrogen-bond acceptors (Lipinski definition) is 3. The maximum Gasteiger partial charge on any atom is 0.254 e. The first-order valence-corrected chi connectivity index (χ1v) is 7.52. The molecular formula is C14H18Cl2N2O2. The van der Waals surface area contributed by atoms with E-state index in [1.807, 2.05) is 0 Å². The van der Waals surface area contributed by atoms with E-state index in [0.717, 1.165) is 25.7 Å². The van der Waals surface area contributed by atoms with Gasteiger partial charge in [-0.1, -0.05) is 36.0 Å². The van der Waals surface area contributed by atoms with Crippen LogP contribution in [0.2, 0.25) is 10.0 Å². The molecule has 0 aliphatic heterocycles. The fourth-order valence-corrected chi connectivity index (χ4v) is 2.99. The van der Waals surface area contributed by atoms with Crippen molar-refractivity contribution in [1.29, 1.82) is 0 Å². The van der Waals surface area contributed by atoms with Crippen LogP contribution in [0.1, 0.15) is 41.7 Å². The van der Waals surface area contributed by atoms with Gasteiger partial charge in [0.05, 0.1) is 21.3 Å². The quantitative estimate of drug-likeness (QED) is 0.901. The summed E-state index contributed by atoms with van der Waals surface area (Å²) in [5, 5.41) is 12.8. The van der Waals surface area contributed by atoms with Crippen molar-refractivity contribution in [2.75, 3.05) is 6.61 Å². The van der Waals surface area contributed by atoms with E-state index in [1.165, 1.54) is 6.20 Å². The molecule has 2 N–H and O–H groups in total. The first-order valence-electron chi connectivity index (χ1n) is 6.77. The minimum Gasteiger partial charge on any atom is -0.396 e. The predicted octanol–water partition coefficient (Wildman–Crippen LogP) is 2.98. The monoisotopic (exact) mass is 316 g/mol. The van der Waals surface area contributed by atoms with Gasteiger partial charge in [-0.05, 0) is 19.8 Å². The number of aliphatic hydroxyl groups excluding tert-OH is 1. The molecule has 1 amide bonds. The molecule has 6 heteroatoms. The lowest BCUT2D eigenvalue weighted by atomic mass is 9.85. The largest absolute Gasteiger partial charge is 0.396 e. The zero-order chi connectivity index (χ0) is 14.7. The summed E-state index contributed by atoms with van der Waals surface area (Å²) in [7, 11) is 0. The minimum atomic E-state index is -0.283. The Bertz CT molecular complexity index is 508. The Morgan fingerprint density at radius 2 is 2.10 bits per heavy atom. The van der Waals surface area contributed by atoms with Crippen molar-refractivity contribution in [3.8, 4) is 0 Å². The highest BCUT2D eigenvalue weighted by atomic mass is 35.5. The summed E-state index contributed by atoms with van der Waals surface area (Å²) in [6.45, 7) is 1.82. The number of nitrogens with zero attached hydrogens (tertiary/aromatic N) is 1. The topological polar surface area (TPSA) is 62.2 Å². The number of halogens is 2. The molecule has 2 unspecified atom stereocenters. The number of rotatable bonds is 3. The summed E-state index contributed by atoms with van der Waals surface area (Å²) in [5.74, 6) is -0.171. The second kappa shape index (κ2) is 6.74. The van der Waals surface area contributed by atoms with E-state index >= 15 is 0 Å². The van der Waals surface area contributed by atoms with Crippen molar-refractivity contribution in [2.45, 2.75) is 38.6 Å². The van der Waals surface area contributed by atoms with Crippen LogP contribution in [0.15, 0.2) is 6.20 Å². The third kappa shape index (κ3) is 3.25. The maximum atomic E-state index is 12.3. The number of aliphatic hydroxyl groups is 1. The van der Waals surface area contributed by atoms with E-state index in [-0.39, 0.29) is 35.1 Å². The zero-order valence-electron chi connectivity index (χ0n) is 11.3. The highest BCUT2D eigenvalue weighted by Crippen LogP contribution is 2.29. The lowest BCUT2D eigenvalue weighted by Gasteiger charge is -2.30. The van der Waals surface area contributed by atoms with Crippen LogP contribution >= 0.6 is 23.2 Å². The van der Waals surface area contributed by atoms with E-state index in [4.69, 9.17) is 23.2 Å². The Hall–Kier alpha value is -0.840. The Kier molecular flexibility index (Phi) is 5.24. The minimum absolute atomic E-state index is 0.0163. The van der Waals surface area contributed by atoms with Crippen molar-refractivity contribution < 1.29 is 9.90 Å². The van der Waals surface area contributed by atoms with Crippen LogP contribution in [0.5, 0.6) is 0 Å². The van der Waals surface area contributed by atoms with Crippen LogP contribution in [-0.2, 0) is 0 Å². The second-order valence-electron chi connectivity index (χ2n) is 5.19. The molecule has 1 aliphatic carbocycles. The molecule has 0 radical (unpaired) electrons. The number of amides is 1. The normalized spacial score (nSPS) is 22.6. The van der Waals surface area contributed by atoms with Crippen LogP contribution < -0.4 is 5.32 Å². The molecule has 20 heavy (non-hydrogen) atoms. The van der Waals surface area contributed by atoms with Crippen molar-refractivity contribution in [2.24, 2.45) is 5.92 Å². The molecular weight excluding hydrogens is 299 g/mol. The van der Waals surface area contributed by atoms with Crippen molar-refractivity contribution in [3.05, 3.63) is 27.5 Å². The second-order valence-corrected chi connectivity index (χ2v) is 5.95. The SMILES string of the molecule is Cc1ncc(C(=O)NC2CCCCC2CO)c(Cl)c1Cl. The average molecular weight is 317 g/mol. The molecule has 4 nitrogen and oxygen atoms in total. The van der Waals surface area contributed by atoms with Gasteiger partial charge in [0.25, 0.3) is 5.91 Å². The van der Waals surface area contributed by atoms with Crippen LogP contribution in [0.3, 0.4) is 0 Å². The zero-order valence-corrected chi connectivity index (χ0v) is 12.8. The molecule has 110 valence electrons. The summed E-state index contributed by atoms with van der Waals surface area (Å²) in [5.41, 5.74) is 0.878. The van der Waals surface area contributed by atoms with Crippen LogP contribution in [0.4, 0.5) is 0 Å². The molecule has 1 fully saturated rings. The molecule has 1 heterocycles. The van der Waals surface area contributed by atoms with Crippen molar-refractivity contribution >= 4 is 29.1 Å². The van der Waals surface area contributed by atoms with Gasteiger partial charge in [0.2, 0.25) is 0 Å². The molecule has 0 spiro atoms. The molecule has 0 aromatic carbocycles. The number of hydrogen-bond donors (Lipinski definition) is 2. The van der Waals surface area contributed by atoms with E-state index in [0.29, 0.717) is 10.7 Å². The van der Waals surface area contributed by atoms with E-state index in [1.54, 1.807) is 6.92 Å². The summed E-state index contributed by atoms with van der Waals surface area (Å²) in [6, 6.07) is -0.0163. The van der Waals surface area contributed by atoms with Crippen molar-refractivity contribution in [1.82, 2.24) is 10.3 Å². The number of pyridine rings is 1. The highest BCUT2D eigenvalue weighted by Gasteiger charge is 2.27. The fraction of sp³-hybridized carbons (Fsp3) is 0.571. The van der Waals surface area contributed by atoms with Gasteiger partial charge in [0, 0.05) is 24.8 Å². The fourth-order valence-electron chi connectivity index (χ4n) is 2.57. The lowest BCUT2D eigenvalue weighted by Crippen LogP contribution is -2.43. The predicted molar refractivity (Wildman–Crippen MR) is 79.3 cm³/mol. The molecule has 1 aromatic heterocycles. The number of nitrogens with one attached hydrogen (secondary N) is 1. The van der Waals surface area contributed by atoms with Gasteiger partial charge in [-0.3, -0.25) is 9.78 Å². The van der Waals surface area contributed by atoms with Gasteiger partial charge < -0.3 is 10.4 Å². The molecule has 1 aromatic rings. The van der Waals surface area contributed by atoms with E-state index in [9.17, 15) is 9.90 Å². The van der Waals surface area contributed by atoms with Crippen LogP contribution in [-0.4, -0.2) is 28.6 Å². The third-order valence-corrected chi connectivity index (χ3v) is 4.79. The number of carbonyl (C=O) groups is 1. The Balaban J connectivity index is 2.14. The summed E-state index contributed by atoms with van der Waals surface area (Å²) >= 11 is 12.1. The molecule has 0 bridgehead atoms. The molecule has 2 atom stereocenters. The van der Waals surface area contributed by atoms with Gasteiger partial charge in [0.1, 0.15) is 0 Å². The van der Waals surface area contributed by atoms with Crippen LogP contribution in [0, 0.1) is 12.8 Å². The summed E-state index contributed by atoms with van der Waals surface area (Å²) < 4.78 is 0. The van der Waals surface area contributed by atoms with E-state index < -0.39 is 0 Å². The molecule has 0 saturated heterocycles. The Morgan fingerprint density at radius 3 is 2.80 bits per heavy atom. The first kappa shape index (κ1) is 15.5. The van der Waals surface area contributed by atoms with Gasteiger partial charge in [-0.25, -0.2) is 0 Å². The molecule has 2 rings (SSSR count). The Morgan fingerprint density at radius 1 is 1.40 bits per heavy atom. The van der Waals surface area contributed by atoms with Crippen LogP contribution in [0.25, 0.3) is 0 Å². The van der Waals surface area contributed by atoms with Gasteiger partial charge >= 0.3 is 0 Å². The van der Waals surface area contributed by atoms with E-state index in [2.05, 4.69) is 10.3 Å². The average Bonchev–Trinajstić information content (AvgIpc) is 2.45. The van der Waals surface area contributed by atoms with Gasteiger partial charge in [-0.2, -0.15) is 0 Å². The summed E-state index contributed by atoms with van der Waals surface area (Å²) in [6.07, 6.45) is 5.40. The lowest BCUT2D eigenvalue weighted by molar-refractivity contribution is 0.0872. The summed E-state index contributed by atoms with van der Waals surface area (Å²) in [4.78, 5) is 16.3.